The van der Waals surface area contributed by atoms with Crippen LogP contribution in [0.4, 0.5) is 5.69 Å². The number of hydrogen-bond donors (Lipinski definition) is 2. The quantitative estimate of drug-likeness (QED) is 0.546. The Bertz CT molecular complexity index is 885. The number of ether oxygens (including phenoxy) is 2. The van der Waals surface area contributed by atoms with Crippen LogP contribution in [0.1, 0.15) is 50.4 Å². The second-order valence-electron chi connectivity index (χ2n) is 10.5. The molecule has 3 N–H and O–H groups in total. The zero-order valence-electron chi connectivity index (χ0n) is 21.4. The summed E-state index contributed by atoms with van der Waals surface area (Å²) in [7, 11) is 3.18. The first-order valence-corrected chi connectivity index (χ1v) is 12.4. The van der Waals surface area contributed by atoms with E-state index in [-0.39, 0.29) is 41.8 Å². The van der Waals surface area contributed by atoms with E-state index < -0.39 is 0 Å². The van der Waals surface area contributed by atoms with E-state index in [4.69, 9.17) is 26.8 Å². The molecule has 2 saturated heterocycles. The zero-order chi connectivity index (χ0) is 25.0. The van der Waals surface area contributed by atoms with Crippen molar-refractivity contribution in [2.45, 2.75) is 52.2 Å². The Morgan fingerprint density at radius 2 is 1.80 bits per heavy atom. The Morgan fingerprint density at radius 3 is 2.37 bits per heavy atom. The molecule has 1 aromatic rings. The van der Waals surface area contributed by atoms with E-state index in [1.165, 1.54) is 7.11 Å². The molecule has 0 bridgehead atoms. The average Bonchev–Trinajstić information content (AvgIpc) is 2.80. The smallest absolute Gasteiger partial charge is 0.255 e. The van der Waals surface area contributed by atoms with Gasteiger partial charge in [-0.3, -0.25) is 9.59 Å². The van der Waals surface area contributed by atoms with E-state index in [9.17, 15) is 9.59 Å². The molecule has 0 aromatic heterocycles. The zero-order valence-corrected chi connectivity index (χ0v) is 23.0. The first-order valence-electron chi connectivity index (χ1n) is 12.0. The normalized spacial score (nSPS) is 21.8. The first-order chi connectivity index (χ1) is 16.0. The van der Waals surface area contributed by atoms with Gasteiger partial charge in [-0.1, -0.05) is 32.4 Å². The number of carbonyl (C=O) groups excluding carboxylic acids is 2. The maximum Gasteiger partial charge on any atom is 0.255 e. The summed E-state index contributed by atoms with van der Waals surface area (Å²) in [5, 5.41) is 3.42. The van der Waals surface area contributed by atoms with Crippen LogP contribution in [0, 0.1) is 11.3 Å². The molecule has 0 aliphatic carbocycles. The van der Waals surface area contributed by atoms with Gasteiger partial charge in [0.15, 0.2) is 0 Å². The topological polar surface area (TPSA) is 97.1 Å². The van der Waals surface area contributed by atoms with Crippen molar-refractivity contribution >= 4 is 41.5 Å². The van der Waals surface area contributed by atoms with E-state index in [0.29, 0.717) is 27.9 Å². The van der Waals surface area contributed by atoms with Gasteiger partial charge in [0, 0.05) is 51.3 Å². The van der Waals surface area contributed by atoms with Gasteiger partial charge < -0.3 is 30.3 Å². The predicted octanol–water partition coefficient (Wildman–Crippen LogP) is 3.46. The van der Waals surface area contributed by atoms with Crippen molar-refractivity contribution < 1.29 is 19.1 Å². The lowest BCUT2D eigenvalue weighted by molar-refractivity contribution is -0.141. The molecule has 2 aliphatic heterocycles. The molecule has 2 atom stereocenters. The molecular formula is C25H40Cl2N4O4. The highest BCUT2D eigenvalue weighted by Crippen LogP contribution is 2.29. The lowest BCUT2D eigenvalue weighted by Crippen LogP contribution is -2.56. The van der Waals surface area contributed by atoms with Gasteiger partial charge in [0.25, 0.3) is 5.91 Å². The predicted molar refractivity (Wildman–Crippen MR) is 142 cm³/mol. The highest BCUT2D eigenvalue weighted by Gasteiger charge is 2.34. The molecule has 0 saturated carbocycles. The minimum absolute atomic E-state index is 0. The molecule has 0 radical (unpaired) electrons. The molecule has 10 heteroatoms. The van der Waals surface area contributed by atoms with Crippen molar-refractivity contribution in [1.82, 2.24) is 15.1 Å². The third-order valence-corrected chi connectivity index (χ3v) is 7.21. The Hall–Kier alpha value is -1.74. The Balaban J connectivity index is 0.00000432. The molecule has 2 heterocycles. The number of nitrogens with one attached hydrogen (secondary N) is 1. The van der Waals surface area contributed by atoms with Crippen molar-refractivity contribution in [2.24, 2.45) is 11.3 Å². The fourth-order valence-corrected chi connectivity index (χ4v) is 5.03. The molecule has 0 spiro atoms. The van der Waals surface area contributed by atoms with Crippen molar-refractivity contribution in [3.8, 4) is 5.75 Å². The number of rotatable bonds is 6. The monoisotopic (exact) mass is 530 g/mol. The lowest BCUT2D eigenvalue weighted by Gasteiger charge is -2.41. The number of benzene rings is 1. The summed E-state index contributed by atoms with van der Waals surface area (Å²) >= 11 is 6.13. The van der Waals surface area contributed by atoms with Gasteiger partial charge >= 0.3 is 0 Å². The van der Waals surface area contributed by atoms with Crippen molar-refractivity contribution in [2.75, 3.05) is 52.7 Å². The summed E-state index contributed by atoms with van der Waals surface area (Å²) < 4.78 is 11.1. The maximum absolute atomic E-state index is 13.0. The third kappa shape index (κ3) is 7.38. The van der Waals surface area contributed by atoms with Crippen molar-refractivity contribution in [3.05, 3.63) is 22.7 Å². The Morgan fingerprint density at radius 1 is 1.14 bits per heavy atom. The van der Waals surface area contributed by atoms with Gasteiger partial charge in [0.2, 0.25) is 5.91 Å². The summed E-state index contributed by atoms with van der Waals surface area (Å²) in [6.45, 7) is 10.2. The summed E-state index contributed by atoms with van der Waals surface area (Å²) in [5.74, 6) is 0.937. The van der Waals surface area contributed by atoms with Crippen LogP contribution in [-0.2, 0) is 9.53 Å². The number of nitrogens with two attached hydrogens (primary N) is 1. The maximum atomic E-state index is 13.0. The van der Waals surface area contributed by atoms with Crippen LogP contribution in [0.3, 0.4) is 0 Å². The van der Waals surface area contributed by atoms with Gasteiger partial charge in [-0.15, -0.1) is 12.4 Å². The van der Waals surface area contributed by atoms with Crippen LogP contribution < -0.4 is 15.8 Å². The lowest BCUT2D eigenvalue weighted by atomic mass is 9.90. The van der Waals surface area contributed by atoms with E-state index in [1.54, 1.807) is 19.2 Å². The fraction of sp³-hybridized carbons (Fsp3) is 0.680. The van der Waals surface area contributed by atoms with Gasteiger partial charge in [-0.2, -0.15) is 0 Å². The molecule has 2 fully saturated rings. The van der Waals surface area contributed by atoms with Gasteiger partial charge in [-0.05, 0) is 31.2 Å². The van der Waals surface area contributed by atoms with Crippen LogP contribution in [-0.4, -0.2) is 80.7 Å². The number of hydrogen-bond acceptors (Lipinski definition) is 6. The number of nitrogen functional groups attached to an aromatic ring is 1. The Labute approximate surface area is 220 Å². The molecule has 2 aliphatic rings. The third-order valence-electron chi connectivity index (χ3n) is 6.89. The molecular weight excluding hydrogens is 491 g/mol. The van der Waals surface area contributed by atoms with Crippen LogP contribution in [0.25, 0.3) is 0 Å². The van der Waals surface area contributed by atoms with Gasteiger partial charge in [0.1, 0.15) is 5.75 Å². The minimum Gasteiger partial charge on any atom is -0.496 e. The van der Waals surface area contributed by atoms with Gasteiger partial charge in [-0.25, -0.2) is 0 Å². The fourth-order valence-electron chi connectivity index (χ4n) is 4.87. The molecule has 1 aromatic carbocycles. The SMILES string of the molecule is COc1cc(N)c(Cl)cc1C(=O)N[C@H]1CCN(CC2CCN(C(=O)C(C)(C)C)CC2)C[C@H]1OC.Cl. The largest absolute Gasteiger partial charge is 0.496 e. The molecule has 35 heavy (non-hydrogen) atoms. The van der Waals surface area contributed by atoms with Gasteiger partial charge in [0.05, 0.1) is 35.5 Å². The van der Waals surface area contributed by atoms with E-state index >= 15 is 0 Å². The Kier molecular flexibility index (Phi) is 10.5. The number of methoxy groups -OCH3 is 2. The van der Waals surface area contributed by atoms with Crippen molar-refractivity contribution in [1.29, 1.82) is 0 Å². The number of likely N-dealkylation sites (tertiary alicyclic amines) is 2. The molecule has 3 rings (SSSR count). The number of piperidine rings is 2. The average molecular weight is 532 g/mol. The highest BCUT2D eigenvalue weighted by molar-refractivity contribution is 6.33. The van der Waals surface area contributed by atoms with Crippen LogP contribution in [0.5, 0.6) is 5.75 Å². The number of nitrogens with zero attached hydrogens (tertiary/aromatic N) is 2. The number of amides is 2. The van der Waals surface area contributed by atoms with Crippen LogP contribution in [0.15, 0.2) is 12.1 Å². The second-order valence-corrected chi connectivity index (χ2v) is 10.9. The van der Waals surface area contributed by atoms with Crippen LogP contribution >= 0.6 is 24.0 Å². The summed E-state index contributed by atoms with van der Waals surface area (Å²) in [6, 6.07) is 2.99. The van der Waals surface area contributed by atoms with E-state index in [2.05, 4.69) is 10.2 Å². The van der Waals surface area contributed by atoms with Crippen molar-refractivity contribution in [3.63, 3.8) is 0 Å². The standard InChI is InChI=1S/C25H39ClN4O4.ClH/c1-25(2,3)24(32)30-10-6-16(7-11-30)14-29-9-8-20(22(15-29)34-5)28-23(31)17-12-18(26)19(27)13-21(17)33-4;/h12-13,16,20,22H,6-11,14-15,27H2,1-5H3,(H,28,31);1H/t20-,22+;/m0./s1. The summed E-state index contributed by atoms with van der Waals surface area (Å²) in [5.41, 5.74) is 6.24. The molecule has 198 valence electrons. The second kappa shape index (κ2) is 12.5. The minimum atomic E-state index is -0.327. The summed E-state index contributed by atoms with van der Waals surface area (Å²) in [6.07, 6.45) is 2.72. The molecule has 2 amide bonds. The molecule has 0 unspecified atom stereocenters. The summed E-state index contributed by atoms with van der Waals surface area (Å²) in [4.78, 5) is 30.0. The molecule has 8 nitrogen and oxygen atoms in total. The highest BCUT2D eigenvalue weighted by atomic mass is 35.5. The number of carbonyl (C=O) groups is 2. The van der Waals surface area contributed by atoms with E-state index in [1.807, 2.05) is 25.7 Å². The van der Waals surface area contributed by atoms with Crippen LogP contribution in [0.2, 0.25) is 5.02 Å². The number of anilines is 1. The first kappa shape index (κ1) is 29.5. The number of halogens is 2. The van der Waals surface area contributed by atoms with E-state index in [0.717, 1.165) is 52.0 Å².